The molecule has 1 atom stereocenters. The SMILES string of the molecule is CC(=O)NC1(Nc2ccccc2)C(=O)N(c2ccc(Cl)cc2Cl)N=C1NC(=O)c1ccccc1. The van der Waals surface area contributed by atoms with Crippen molar-refractivity contribution < 1.29 is 14.4 Å². The number of nitrogens with one attached hydrogen (secondary N) is 3. The lowest BCUT2D eigenvalue weighted by atomic mass is 10.1. The smallest absolute Gasteiger partial charge is 0.302 e. The average Bonchev–Trinajstić information content (AvgIpc) is 3.05. The predicted octanol–water partition coefficient (Wildman–Crippen LogP) is 4.03. The van der Waals surface area contributed by atoms with E-state index < -0.39 is 23.4 Å². The Morgan fingerprint density at radius 1 is 0.941 bits per heavy atom. The Hall–Kier alpha value is -3.88. The summed E-state index contributed by atoms with van der Waals surface area (Å²) < 4.78 is 0. The van der Waals surface area contributed by atoms with Gasteiger partial charge in [-0.1, -0.05) is 59.6 Å². The molecule has 172 valence electrons. The molecule has 0 fully saturated rings. The van der Waals surface area contributed by atoms with E-state index in [2.05, 4.69) is 21.1 Å². The minimum Gasteiger partial charge on any atom is -0.348 e. The summed E-state index contributed by atoms with van der Waals surface area (Å²) in [5.41, 5.74) is -0.836. The van der Waals surface area contributed by atoms with Crippen LogP contribution in [0.4, 0.5) is 11.4 Å². The molecule has 10 heteroatoms. The Morgan fingerprint density at radius 3 is 2.21 bits per heavy atom. The van der Waals surface area contributed by atoms with E-state index in [-0.39, 0.29) is 16.5 Å². The molecule has 8 nitrogen and oxygen atoms in total. The Labute approximate surface area is 205 Å². The maximum Gasteiger partial charge on any atom is 0.302 e. The third kappa shape index (κ3) is 4.59. The van der Waals surface area contributed by atoms with Gasteiger partial charge in [0.05, 0.1) is 10.7 Å². The number of para-hydroxylation sites is 1. The number of amides is 3. The quantitative estimate of drug-likeness (QED) is 0.465. The van der Waals surface area contributed by atoms with Crippen molar-refractivity contribution in [3.8, 4) is 0 Å². The maximum absolute atomic E-state index is 13.8. The highest BCUT2D eigenvalue weighted by Gasteiger charge is 2.54. The van der Waals surface area contributed by atoms with E-state index in [0.29, 0.717) is 16.3 Å². The van der Waals surface area contributed by atoms with Crippen LogP contribution in [-0.4, -0.2) is 29.2 Å². The first kappa shape index (κ1) is 23.3. The lowest BCUT2D eigenvalue weighted by Gasteiger charge is -2.31. The van der Waals surface area contributed by atoms with Gasteiger partial charge in [-0.15, -0.1) is 5.10 Å². The highest BCUT2D eigenvalue weighted by atomic mass is 35.5. The lowest BCUT2D eigenvalue weighted by Crippen LogP contribution is -2.67. The third-order valence-corrected chi connectivity index (χ3v) is 5.48. The van der Waals surface area contributed by atoms with E-state index in [1.165, 1.54) is 19.1 Å². The second-order valence-corrected chi connectivity index (χ2v) is 8.25. The zero-order valence-electron chi connectivity index (χ0n) is 17.9. The van der Waals surface area contributed by atoms with Crippen molar-refractivity contribution in [1.82, 2.24) is 10.6 Å². The molecule has 3 aromatic rings. The van der Waals surface area contributed by atoms with Gasteiger partial charge < -0.3 is 16.0 Å². The molecule has 34 heavy (non-hydrogen) atoms. The van der Waals surface area contributed by atoms with Gasteiger partial charge in [-0.2, -0.15) is 5.01 Å². The fourth-order valence-electron chi connectivity index (χ4n) is 3.44. The summed E-state index contributed by atoms with van der Waals surface area (Å²) in [6.07, 6.45) is 0. The minimum atomic E-state index is -1.92. The minimum absolute atomic E-state index is 0.128. The number of hydrazone groups is 1. The second kappa shape index (κ2) is 9.54. The van der Waals surface area contributed by atoms with E-state index in [1.54, 1.807) is 66.7 Å². The van der Waals surface area contributed by atoms with Crippen LogP contribution in [0.5, 0.6) is 0 Å². The van der Waals surface area contributed by atoms with Crippen molar-refractivity contribution in [3.05, 3.63) is 94.5 Å². The Bertz CT molecular complexity index is 1280. The van der Waals surface area contributed by atoms with Gasteiger partial charge in [-0.3, -0.25) is 14.4 Å². The second-order valence-electron chi connectivity index (χ2n) is 7.40. The number of carbonyl (C=O) groups excluding carboxylic acids is 3. The van der Waals surface area contributed by atoms with Crippen molar-refractivity contribution in [2.24, 2.45) is 5.10 Å². The van der Waals surface area contributed by atoms with Crippen molar-refractivity contribution in [2.75, 3.05) is 10.3 Å². The first-order chi connectivity index (χ1) is 16.3. The van der Waals surface area contributed by atoms with E-state index in [9.17, 15) is 14.4 Å². The number of hydrogen-bond acceptors (Lipinski definition) is 5. The number of nitrogens with zero attached hydrogens (tertiary/aromatic N) is 2. The highest BCUT2D eigenvalue weighted by Crippen LogP contribution is 2.34. The number of amidine groups is 1. The predicted molar refractivity (Wildman–Crippen MR) is 132 cm³/mol. The summed E-state index contributed by atoms with van der Waals surface area (Å²) in [7, 11) is 0. The number of halogens is 2. The van der Waals surface area contributed by atoms with Gasteiger partial charge in [0, 0.05) is 23.2 Å². The monoisotopic (exact) mass is 495 g/mol. The standard InChI is InChI=1S/C24H19Cl2N5O3/c1-15(32)28-24(29-18-10-6-3-7-11-18)22(27-21(33)16-8-4-2-5-9-16)30-31(23(24)34)20-13-12-17(25)14-19(20)26/h2-14,29H,1H3,(H,28,32)(H,27,30,33). The van der Waals surface area contributed by atoms with Gasteiger partial charge in [0.1, 0.15) is 0 Å². The van der Waals surface area contributed by atoms with Crippen LogP contribution >= 0.6 is 23.2 Å². The van der Waals surface area contributed by atoms with Crippen molar-refractivity contribution in [3.63, 3.8) is 0 Å². The van der Waals surface area contributed by atoms with Gasteiger partial charge >= 0.3 is 5.91 Å². The molecule has 3 amide bonds. The van der Waals surface area contributed by atoms with Crippen LogP contribution in [0.2, 0.25) is 10.0 Å². The molecular weight excluding hydrogens is 477 g/mol. The fourth-order valence-corrected chi connectivity index (χ4v) is 3.93. The summed E-state index contributed by atoms with van der Waals surface area (Å²) in [6, 6.07) is 21.7. The molecule has 0 spiro atoms. The summed E-state index contributed by atoms with van der Waals surface area (Å²) in [6.45, 7) is 1.26. The third-order valence-electron chi connectivity index (χ3n) is 4.94. The van der Waals surface area contributed by atoms with E-state index in [0.717, 1.165) is 5.01 Å². The summed E-state index contributed by atoms with van der Waals surface area (Å²) >= 11 is 12.3. The van der Waals surface area contributed by atoms with Crippen LogP contribution in [0.1, 0.15) is 17.3 Å². The molecular formula is C24H19Cl2N5O3. The fraction of sp³-hybridized carbons (Fsp3) is 0.0833. The van der Waals surface area contributed by atoms with Crippen LogP contribution in [0.15, 0.2) is 84.0 Å². The molecule has 3 aromatic carbocycles. The Balaban J connectivity index is 1.83. The molecule has 1 aliphatic heterocycles. The molecule has 0 saturated heterocycles. The van der Waals surface area contributed by atoms with Gasteiger partial charge in [-0.05, 0) is 42.5 Å². The molecule has 1 heterocycles. The molecule has 4 rings (SSSR count). The van der Waals surface area contributed by atoms with Crippen LogP contribution in [-0.2, 0) is 9.59 Å². The molecule has 1 unspecified atom stereocenters. The molecule has 0 saturated carbocycles. The molecule has 0 bridgehead atoms. The highest BCUT2D eigenvalue weighted by molar-refractivity contribution is 6.38. The number of anilines is 2. The van der Waals surface area contributed by atoms with Crippen molar-refractivity contribution >= 4 is 58.1 Å². The molecule has 0 aromatic heterocycles. The lowest BCUT2D eigenvalue weighted by molar-refractivity contribution is -0.127. The first-order valence-electron chi connectivity index (χ1n) is 10.2. The van der Waals surface area contributed by atoms with Gasteiger partial charge in [0.15, 0.2) is 5.84 Å². The van der Waals surface area contributed by atoms with E-state index in [1.807, 2.05) is 0 Å². The topological polar surface area (TPSA) is 103 Å². The van der Waals surface area contributed by atoms with E-state index in [4.69, 9.17) is 23.2 Å². The molecule has 0 aliphatic carbocycles. The Kier molecular flexibility index (Phi) is 6.54. The van der Waals surface area contributed by atoms with Gasteiger partial charge in [0.25, 0.3) is 11.6 Å². The van der Waals surface area contributed by atoms with Crippen molar-refractivity contribution in [1.29, 1.82) is 0 Å². The van der Waals surface area contributed by atoms with Gasteiger partial charge in [0.2, 0.25) is 5.91 Å². The van der Waals surface area contributed by atoms with Crippen LogP contribution in [0.3, 0.4) is 0 Å². The largest absolute Gasteiger partial charge is 0.348 e. The molecule has 0 radical (unpaired) electrons. The first-order valence-corrected chi connectivity index (χ1v) is 10.9. The molecule has 1 aliphatic rings. The van der Waals surface area contributed by atoms with Crippen LogP contribution < -0.4 is 21.0 Å². The van der Waals surface area contributed by atoms with Gasteiger partial charge in [-0.25, -0.2) is 0 Å². The molecule has 3 N–H and O–H groups in total. The van der Waals surface area contributed by atoms with Crippen LogP contribution in [0.25, 0.3) is 0 Å². The van der Waals surface area contributed by atoms with E-state index >= 15 is 0 Å². The normalized spacial score (nSPS) is 17.2. The average molecular weight is 496 g/mol. The zero-order chi connectivity index (χ0) is 24.3. The summed E-state index contributed by atoms with van der Waals surface area (Å²) in [4.78, 5) is 39.1. The number of hydrogen-bond donors (Lipinski definition) is 3. The summed E-state index contributed by atoms with van der Waals surface area (Å²) in [5.74, 6) is -1.85. The number of rotatable bonds is 5. The maximum atomic E-state index is 13.8. The van der Waals surface area contributed by atoms with Crippen molar-refractivity contribution in [2.45, 2.75) is 12.6 Å². The summed E-state index contributed by atoms with van der Waals surface area (Å²) in [5, 5.41) is 14.3. The zero-order valence-corrected chi connectivity index (χ0v) is 19.4. The van der Waals surface area contributed by atoms with Crippen LogP contribution in [0, 0.1) is 0 Å². The number of carbonyl (C=O) groups is 3. The number of benzene rings is 3. The Morgan fingerprint density at radius 2 is 1.59 bits per heavy atom.